The fourth-order valence-electron chi connectivity index (χ4n) is 3.00. The number of benzene rings is 1. The van der Waals surface area contributed by atoms with Crippen LogP contribution in [0.2, 0.25) is 0 Å². The number of hydrogen-bond acceptors (Lipinski definition) is 4. The molecule has 0 amide bonds. The Bertz CT molecular complexity index is 474. The zero-order chi connectivity index (χ0) is 15.5. The lowest BCUT2D eigenvalue weighted by Gasteiger charge is -2.44. The molecule has 1 saturated heterocycles. The topological polar surface area (TPSA) is 44.7 Å². The van der Waals surface area contributed by atoms with Crippen molar-refractivity contribution in [3.8, 4) is 0 Å². The molecule has 0 bridgehead atoms. The van der Waals surface area contributed by atoms with Crippen molar-refractivity contribution in [3.63, 3.8) is 0 Å². The fraction of sp³-hybridized carbons (Fsp3) is 0.647. The molecule has 118 valence electrons. The minimum absolute atomic E-state index is 0.0638. The molecule has 1 aliphatic heterocycles. The molecule has 1 aliphatic rings. The Morgan fingerprint density at radius 1 is 1.43 bits per heavy atom. The summed E-state index contributed by atoms with van der Waals surface area (Å²) in [4.78, 5) is 2.34. The van der Waals surface area contributed by atoms with Crippen LogP contribution in [0.15, 0.2) is 18.2 Å². The third-order valence-electron chi connectivity index (χ3n) is 3.83. The molecule has 0 aliphatic carbocycles. The third-order valence-corrected chi connectivity index (χ3v) is 3.83. The predicted molar refractivity (Wildman–Crippen MR) is 86.8 cm³/mol. The molecular formula is C17H28N2O2. The average molecular weight is 292 g/mol. The number of ether oxygens (including phenoxy) is 1. The van der Waals surface area contributed by atoms with Gasteiger partial charge in [0, 0.05) is 25.3 Å². The van der Waals surface area contributed by atoms with Crippen molar-refractivity contribution in [2.75, 3.05) is 31.1 Å². The number of rotatable bonds is 5. The second kappa shape index (κ2) is 6.77. The lowest BCUT2D eigenvalue weighted by molar-refractivity contribution is -0.101. The highest BCUT2D eigenvalue weighted by atomic mass is 16.5. The average Bonchev–Trinajstić information content (AvgIpc) is 2.43. The van der Waals surface area contributed by atoms with E-state index in [-0.39, 0.29) is 18.3 Å². The first-order valence-corrected chi connectivity index (χ1v) is 7.79. The van der Waals surface area contributed by atoms with E-state index in [1.54, 1.807) is 0 Å². The van der Waals surface area contributed by atoms with E-state index in [1.807, 2.05) is 0 Å². The second-order valence-corrected chi connectivity index (χ2v) is 6.48. The van der Waals surface area contributed by atoms with Crippen molar-refractivity contribution < 1.29 is 9.84 Å². The molecule has 0 aromatic heterocycles. The maximum absolute atomic E-state index is 9.48. The Kier molecular flexibility index (Phi) is 5.25. The molecule has 2 rings (SSSR count). The molecule has 1 heterocycles. The van der Waals surface area contributed by atoms with Gasteiger partial charge < -0.3 is 20.1 Å². The smallest absolute Gasteiger partial charge is 0.0988 e. The summed E-state index contributed by atoms with van der Waals surface area (Å²) < 4.78 is 5.91. The maximum atomic E-state index is 9.48. The molecule has 1 aromatic rings. The Balaban J connectivity index is 2.26. The quantitative estimate of drug-likeness (QED) is 0.872. The van der Waals surface area contributed by atoms with Gasteiger partial charge in [-0.05, 0) is 38.9 Å². The van der Waals surface area contributed by atoms with Crippen LogP contribution < -0.4 is 10.2 Å². The molecule has 0 saturated carbocycles. The van der Waals surface area contributed by atoms with Crippen LogP contribution in [0.5, 0.6) is 0 Å². The highest BCUT2D eigenvalue weighted by molar-refractivity contribution is 5.55. The van der Waals surface area contributed by atoms with Gasteiger partial charge in [-0.2, -0.15) is 0 Å². The van der Waals surface area contributed by atoms with Crippen LogP contribution in [0.25, 0.3) is 0 Å². The summed E-state index contributed by atoms with van der Waals surface area (Å²) in [5.74, 6) is 0. The van der Waals surface area contributed by atoms with Gasteiger partial charge in [0.1, 0.15) is 0 Å². The molecular weight excluding hydrogens is 264 g/mol. The summed E-state index contributed by atoms with van der Waals surface area (Å²) in [6.45, 7) is 11.9. The van der Waals surface area contributed by atoms with Crippen LogP contribution >= 0.6 is 0 Å². The first-order valence-electron chi connectivity index (χ1n) is 7.79. The van der Waals surface area contributed by atoms with E-state index in [2.05, 4.69) is 56.1 Å². The van der Waals surface area contributed by atoms with Crippen LogP contribution in [0.4, 0.5) is 5.69 Å². The summed E-state index contributed by atoms with van der Waals surface area (Å²) >= 11 is 0. The molecule has 0 spiro atoms. The van der Waals surface area contributed by atoms with Crippen molar-refractivity contribution in [1.82, 2.24) is 5.32 Å². The van der Waals surface area contributed by atoms with E-state index < -0.39 is 0 Å². The van der Waals surface area contributed by atoms with Crippen molar-refractivity contribution in [2.45, 2.75) is 45.9 Å². The minimum Gasteiger partial charge on any atom is -0.394 e. The number of aliphatic hydroxyl groups excluding tert-OH is 1. The van der Waals surface area contributed by atoms with E-state index in [0.717, 1.165) is 26.2 Å². The molecule has 4 nitrogen and oxygen atoms in total. The van der Waals surface area contributed by atoms with E-state index >= 15 is 0 Å². The van der Waals surface area contributed by atoms with Gasteiger partial charge in [-0.3, -0.25) is 0 Å². The monoisotopic (exact) mass is 292 g/mol. The molecule has 21 heavy (non-hydrogen) atoms. The van der Waals surface area contributed by atoms with E-state index in [1.165, 1.54) is 16.8 Å². The Morgan fingerprint density at radius 3 is 2.86 bits per heavy atom. The van der Waals surface area contributed by atoms with Crippen LogP contribution in [0.1, 0.15) is 31.9 Å². The number of aliphatic hydroxyl groups is 1. The lowest BCUT2D eigenvalue weighted by Crippen LogP contribution is -2.54. The summed E-state index contributed by atoms with van der Waals surface area (Å²) in [6.07, 6.45) is -0.123. The van der Waals surface area contributed by atoms with Crippen molar-refractivity contribution in [3.05, 3.63) is 29.3 Å². The third kappa shape index (κ3) is 4.19. The minimum atomic E-state index is -0.244. The van der Waals surface area contributed by atoms with Crippen molar-refractivity contribution in [1.29, 1.82) is 0 Å². The molecule has 2 N–H and O–H groups in total. The van der Waals surface area contributed by atoms with Gasteiger partial charge >= 0.3 is 0 Å². The standard InChI is InChI=1S/C17H28N2O2/c1-5-18-9-14-8-13(2)6-7-16(14)19-10-15(11-20)21-17(3,4)12-19/h6-8,15,18,20H,5,9-12H2,1-4H3. The number of anilines is 1. The number of aryl methyl sites for hydroxylation is 1. The highest BCUT2D eigenvalue weighted by Crippen LogP contribution is 2.29. The van der Waals surface area contributed by atoms with Crippen molar-refractivity contribution >= 4 is 5.69 Å². The first kappa shape index (κ1) is 16.3. The molecule has 1 atom stereocenters. The van der Waals surface area contributed by atoms with Crippen molar-refractivity contribution in [2.24, 2.45) is 0 Å². The van der Waals surface area contributed by atoms with Gasteiger partial charge in [-0.15, -0.1) is 0 Å². The molecule has 0 radical (unpaired) electrons. The van der Waals surface area contributed by atoms with E-state index in [0.29, 0.717) is 0 Å². The largest absolute Gasteiger partial charge is 0.394 e. The maximum Gasteiger partial charge on any atom is 0.0988 e. The SMILES string of the molecule is CCNCc1cc(C)ccc1N1CC(CO)OC(C)(C)C1. The van der Waals surface area contributed by atoms with Crippen LogP contribution in [0, 0.1) is 6.92 Å². The summed E-state index contributed by atoms with van der Waals surface area (Å²) in [6, 6.07) is 6.59. The first-order chi connectivity index (χ1) is 9.95. The number of nitrogens with zero attached hydrogens (tertiary/aromatic N) is 1. The van der Waals surface area contributed by atoms with E-state index in [4.69, 9.17) is 4.74 Å². The summed E-state index contributed by atoms with van der Waals surface area (Å²) in [5.41, 5.74) is 3.59. The molecule has 1 fully saturated rings. The molecule has 1 aromatic carbocycles. The zero-order valence-corrected chi connectivity index (χ0v) is 13.6. The number of nitrogens with one attached hydrogen (secondary N) is 1. The highest BCUT2D eigenvalue weighted by Gasteiger charge is 2.33. The Hall–Kier alpha value is -1.10. The van der Waals surface area contributed by atoms with Gasteiger partial charge in [0.25, 0.3) is 0 Å². The second-order valence-electron chi connectivity index (χ2n) is 6.48. The summed E-state index contributed by atoms with van der Waals surface area (Å²) in [5, 5.41) is 12.9. The number of hydrogen-bond donors (Lipinski definition) is 2. The van der Waals surface area contributed by atoms with Gasteiger partial charge in [-0.25, -0.2) is 0 Å². The summed E-state index contributed by atoms with van der Waals surface area (Å²) in [7, 11) is 0. The van der Waals surface area contributed by atoms with Gasteiger partial charge in [0.15, 0.2) is 0 Å². The molecule has 4 heteroatoms. The Morgan fingerprint density at radius 2 is 2.19 bits per heavy atom. The lowest BCUT2D eigenvalue weighted by atomic mass is 10.0. The van der Waals surface area contributed by atoms with Gasteiger partial charge in [0.2, 0.25) is 0 Å². The van der Waals surface area contributed by atoms with E-state index in [9.17, 15) is 5.11 Å². The normalized spacial score (nSPS) is 21.6. The number of morpholine rings is 1. The van der Waals surface area contributed by atoms with Gasteiger partial charge in [0.05, 0.1) is 18.3 Å². The van der Waals surface area contributed by atoms with Gasteiger partial charge in [-0.1, -0.05) is 24.6 Å². The zero-order valence-electron chi connectivity index (χ0n) is 13.6. The molecule has 1 unspecified atom stereocenters. The van der Waals surface area contributed by atoms with Crippen LogP contribution in [-0.4, -0.2) is 43.1 Å². The van der Waals surface area contributed by atoms with Crippen LogP contribution in [-0.2, 0) is 11.3 Å². The van der Waals surface area contributed by atoms with Crippen LogP contribution in [0.3, 0.4) is 0 Å². The Labute approximate surface area is 128 Å². The predicted octanol–water partition coefficient (Wildman–Crippen LogP) is 2.08. The fourth-order valence-corrected chi connectivity index (χ4v) is 3.00.